The van der Waals surface area contributed by atoms with Gasteiger partial charge in [0, 0.05) is 11.3 Å². The molecule has 0 heterocycles. The number of hydrogen-bond donors (Lipinski definition) is 1. The molecule has 0 aromatic heterocycles. The first-order chi connectivity index (χ1) is 13.9. The monoisotopic (exact) mass is 399 g/mol. The molecule has 1 amide bonds. The molecule has 0 saturated heterocycles. The highest BCUT2D eigenvalue weighted by atomic mass is 19.3. The first kappa shape index (κ1) is 20.1. The number of hydrogen-bond acceptors (Lipinski definition) is 4. The number of rotatable bonds is 7. The van der Waals surface area contributed by atoms with Gasteiger partial charge in [-0.05, 0) is 67.1 Å². The standard InChI is InChI=1S/C22H19F2NO4/c1-14-4-3-5-18(12-14)28-17-9-7-16(8-10-17)25-21(26)15-6-11-19(29-22(23)24)20(13-15)27-2/h3-13,22H,1-2H3,(H,25,26). The van der Waals surface area contributed by atoms with Crippen molar-refractivity contribution in [2.45, 2.75) is 13.5 Å². The highest BCUT2D eigenvalue weighted by Gasteiger charge is 2.14. The van der Waals surface area contributed by atoms with Crippen LogP contribution in [0.1, 0.15) is 15.9 Å². The topological polar surface area (TPSA) is 56.8 Å². The minimum atomic E-state index is -2.98. The Morgan fingerprint density at radius 3 is 2.34 bits per heavy atom. The van der Waals surface area contributed by atoms with Crippen LogP contribution < -0.4 is 19.5 Å². The van der Waals surface area contributed by atoms with Crippen molar-refractivity contribution in [1.29, 1.82) is 0 Å². The van der Waals surface area contributed by atoms with Crippen LogP contribution in [-0.2, 0) is 0 Å². The minimum Gasteiger partial charge on any atom is -0.493 e. The van der Waals surface area contributed by atoms with Gasteiger partial charge < -0.3 is 19.5 Å². The molecule has 3 aromatic rings. The lowest BCUT2D eigenvalue weighted by Crippen LogP contribution is -2.12. The summed E-state index contributed by atoms with van der Waals surface area (Å²) in [6.45, 7) is -1.00. The van der Waals surface area contributed by atoms with Crippen molar-refractivity contribution >= 4 is 11.6 Å². The zero-order valence-electron chi connectivity index (χ0n) is 15.8. The summed E-state index contributed by atoms with van der Waals surface area (Å²) >= 11 is 0. The first-order valence-electron chi connectivity index (χ1n) is 8.73. The number of nitrogens with one attached hydrogen (secondary N) is 1. The van der Waals surface area contributed by atoms with Crippen LogP contribution in [0.5, 0.6) is 23.0 Å². The van der Waals surface area contributed by atoms with E-state index in [2.05, 4.69) is 10.1 Å². The van der Waals surface area contributed by atoms with Crippen molar-refractivity contribution in [3.8, 4) is 23.0 Å². The van der Waals surface area contributed by atoms with E-state index in [4.69, 9.17) is 9.47 Å². The second-order valence-electron chi connectivity index (χ2n) is 6.14. The fourth-order valence-corrected chi connectivity index (χ4v) is 2.63. The molecule has 3 rings (SSSR count). The Kier molecular flexibility index (Phi) is 6.29. The average molecular weight is 399 g/mol. The molecule has 7 heteroatoms. The Bertz CT molecular complexity index is 990. The maximum Gasteiger partial charge on any atom is 0.387 e. The normalized spacial score (nSPS) is 10.5. The lowest BCUT2D eigenvalue weighted by molar-refractivity contribution is -0.0512. The van der Waals surface area contributed by atoms with Gasteiger partial charge in [-0.2, -0.15) is 8.78 Å². The summed E-state index contributed by atoms with van der Waals surface area (Å²) in [5.41, 5.74) is 1.88. The zero-order chi connectivity index (χ0) is 20.8. The molecule has 0 radical (unpaired) electrons. The number of carbonyl (C=O) groups is 1. The number of carbonyl (C=O) groups excluding carboxylic acids is 1. The molecule has 0 fully saturated rings. The van der Waals surface area contributed by atoms with Gasteiger partial charge in [0.25, 0.3) is 5.91 Å². The number of anilines is 1. The molecule has 0 bridgehead atoms. The van der Waals surface area contributed by atoms with Crippen LogP contribution in [0.4, 0.5) is 14.5 Å². The molecule has 0 spiro atoms. The van der Waals surface area contributed by atoms with Gasteiger partial charge in [-0.25, -0.2) is 0 Å². The molecule has 0 aliphatic heterocycles. The summed E-state index contributed by atoms with van der Waals surface area (Å²) in [6, 6.07) is 18.5. The van der Waals surface area contributed by atoms with Crippen molar-refractivity contribution in [1.82, 2.24) is 0 Å². The van der Waals surface area contributed by atoms with Crippen LogP contribution in [0, 0.1) is 6.92 Å². The fourth-order valence-electron chi connectivity index (χ4n) is 2.63. The van der Waals surface area contributed by atoms with E-state index in [0.29, 0.717) is 11.4 Å². The number of halogens is 2. The Morgan fingerprint density at radius 2 is 1.69 bits per heavy atom. The van der Waals surface area contributed by atoms with E-state index in [1.807, 2.05) is 31.2 Å². The van der Waals surface area contributed by atoms with Crippen LogP contribution in [0.3, 0.4) is 0 Å². The lowest BCUT2D eigenvalue weighted by atomic mass is 10.2. The average Bonchev–Trinajstić information content (AvgIpc) is 2.69. The molecule has 29 heavy (non-hydrogen) atoms. The third kappa shape index (κ3) is 5.44. The largest absolute Gasteiger partial charge is 0.493 e. The smallest absolute Gasteiger partial charge is 0.387 e. The van der Waals surface area contributed by atoms with E-state index < -0.39 is 12.5 Å². The van der Waals surface area contributed by atoms with Crippen molar-refractivity contribution in [2.24, 2.45) is 0 Å². The van der Waals surface area contributed by atoms with Crippen LogP contribution in [0.2, 0.25) is 0 Å². The molecule has 150 valence electrons. The summed E-state index contributed by atoms with van der Waals surface area (Å²) in [5.74, 6) is 0.833. The second kappa shape index (κ2) is 9.05. The molecule has 0 atom stereocenters. The van der Waals surface area contributed by atoms with E-state index in [9.17, 15) is 13.6 Å². The summed E-state index contributed by atoms with van der Waals surface area (Å²) in [7, 11) is 1.31. The summed E-state index contributed by atoms with van der Waals surface area (Å²) in [4.78, 5) is 12.4. The van der Waals surface area contributed by atoms with Gasteiger partial charge in [0.15, 0.2) is 11.5 Å². The Labute approximate surface area is 166 Å². The summed E-state index contributed by atoms with van der Waals surface area (Å²) < 4.78 is 40.0. The van der Waals surface area contributed by atoms with Crippen LogP contribution >= 0.6 is 0 Å². The molecule has 0 aliphatic rings. The minimum absolute atomic E-state index is 0.0415. The molecular formula is C22H19F2NO4. The lowest BCUT2D eigenvalue weighted by Gasteiger charge is -2.12. The van der Waals surface area contributed by atoms with Crippen LogP contribution in [0.25, 0.3) is 0 Å². The van der Waals surface area contributed by atoms with E-state index in [-0.39, 0.29) is 17.1 Å². The third-order valence-corrected chi connectivity index (χ3v) is 3.98. The third-order valence-electron chi connectivity index (χ3n) is 3.98. The summed E-state index contributed by atoms with van der Waals surface area (Å²) in [6.07, 6.45) is 0. The maximum absolute atomic E-state index is 12.4. The predicted molar refractivity (Wildman–Crippen MR) is 105 cm³/mol. The van der Waals surface area contributed by atoms with Crippen molar-refractivity contribution in [3.05, 3.63) is 77.9 Å². The molecule has 5 nitrogen and oxygen atoms in total. The van der Waals surface area contributed by atoms with E-state index >= 15 is 0 Å². The number of ether oxygens (including phenoxy) is 3. The highest BCUT2D eigenvalue weighted by molar-refractivity contribution is 6.04. The van der Waals surface area contributed by atoms with E-state index in [1.165, 1.54) is 25.3 Å². The first-order valence-corrected chi connectivity index (χ1v) is 8.73. The fraction of sp³-hybridized carbons (Fsp3) is 0.136. The summed E-state index contributed by atoms with van der Waals surface area (Å²) in [5, 5.41) is 2.73. The van der Waals surface area contributed by atoms with Crippen molar-refractivity contribution in [2.75, 3.05) is 12.4 Å². The van der Waals surface area contributed by atoms with Crippen LogP contribution in [-0.4, -0.2) is 19.6 Å². The Morgan fingerprint density at radius 1 is 0.931 bits per heavy atom. The van der Waals surface area contributed by atoms with Crippen LogP contribution in [0.15, 0.2) is 66.7 Å². The van der Waals surface area contributed by atoms with Gasteiger partial charge in [-0.1, -0.05) is 12.1 Å². The van der Waals surface area contributed by atoms with Crippen molar-refractivity contribution < 1.29 is 27.8 Å². The molecule has 0 aliphatic carbocycles. The SMILES string of the molecule is COc1cc(C(=O)Nc2ccc(Oc3cccc(C)c3)cc2)ccc1OC(F)F. The van der Waals surface area contributed by atoms with Gasteiger partial charge >= 0.3 is 6.61 Å². The number of amides is 1. The quantitative estimate of drug-likeness (QED) is 0.558. The van der Waals surface area contributed by atoms with Gasteiger partial charge in [-0.15, -0.1) is 0 Å². The molecular weight excluding hydrogens is 380 g/mol. The number of alkyl halides is 2. The number of methoxy groups -OCH3 is 1. The van der Waals surface area contributed by atoms with Gasteiger partial charge in [0.2, 0.25) is 0 Å². The second-order valence-corrected chi connectivity index (χ2v) is 6.14. The molecule has 3 aromatic carbocycles. The molecule has 0 unspecified atom stereocenters. The van der Waals surface area contributed by atoms with E-state index in [1.54, 1.807) is 24.3 Å². The number of aryl methyl sites for hydroxylation is 1. The maximum atomic E-state index is 12.4. The van der Waals surface area contributed by atoms with E-state index in [0.717, 1.165) is 11.3 Å². The predicted octanol–water partition coefficient (Wildman–Crippen LogP) is 5.65. The Hall–Kier alpha value is -3.61. The number of benzene rings is 3. The van der Waals surface area contributed by atoms with Gasteiger partial charge in [0.05, 0.1) is 7.11 Å². The molecule has 1 N–H and O–H groups in total. The molecule has 0 saturated carbocycles. The highest BCUT2D eigenvalue weighted by Crippen LogP contribution is 2.30. The zero-order valence-corrected chi connectivity index (χ0v) is 15.8. The van der Waals surface area contributed by atoms with Crippen molar-refractivity contribution in [3.63, 3.8) is 0 Å². The van der Waals surface area contributed by atoms with Gasteiger partial charge in [-0.3, -0.25) is 4.79 Å². The Balaban J connectivity index is 1.67. The van der Waals surface area contributed by atoms with Gasteiger partial charge in [0.1, 0.15) is 11.5 Å².